The molecule has 0 aliphatic carbocycles. The van der Waals surface area contributed by atoms with Gasteiger partial charge in [-0.05, 0) is 38.1 Å². The molecule has 17 heavy (non-hydrogen) atoms. The Labute approximate surface area is 109 Å². The molecule has 2 nitrogen and oxygen atoms in total. The van der Waals surface area contributed by atoms with Crippen molar-refractivity contribution >= 4 is 11.6 Å². The van der Waals surface area contributed by atoms with Gasteiger partial charge < -0.3 is 10.1 Å². The number of rotatable bonds is 7. The molecule has 1 N–H and O–H groups in total. The normalized spacial score (nSPS) is 12.2. The zero-order chi connectivity index (χ0) is 12.7. The minimum atomic E-state index is 0.189. The van der Waals surface area contributed by atoms with Gasteiger partial charge in [0.15, 0.2) is 0 Å². The van der Waals surface area contributed by atoms with Gasteiger partial charge in [-0.1, -0.05) is 36.7 Å². The third kappa shape index (κ3) is 5.24. The molecule has 0 saturated carbocycles. The first kappa shape index (κ1) is 14.1. The van der Waals surface area contributed by atoms with Gasteiger partial charge >= 0.3 is 0 Å². The zero-order valence-electron chi connectivity index (χ0n) is 10.5. The highest BCUT2D eigenvalue weighted by molar-refractivity contribution is 6.30. The highest BCUT2D eigenvalue weighted by Gasteiger charge is 2.09. The maximum absolute atomic E-state index is 5.89. The van der Waals surface area contributed by atoms with Crippen LogP contribution in [0.5, 0.6) is 5.75 Å². The van der Waals surface area contributed by atoms with Gasteiger partial charge in [0.2, 0.25) is 0 Å². The first-order valence-electron chi connectivity index (χ1n) is 5.90. The summed E-state index contributed by atoms with van der Waals surface area (Å²) in [6.07, 6.45) is 1.10. The molecule has 0 amide bonds. The van der Waals surface area contributed by atoms with E-state index in [2.05, 4.69) is 18.8 Å². The SMILES string of the molecule is C=C(C)C(COc1cccc(Cl)c1)NCCC. The highest BCUT2D eigenvalue weighted by Crippen LogP contribution is 2.17. The second kappa shape index (κ2) is 7.36. The van der Waals surface area contributed by atoms with Crippen molar-refractivity contribution in [3.05, 3.63) is 41.4 Å². The van der Waals surface area contributed by atoms with Crippen molar-refractivity contribution in [1.29, 1.82) is 0 Å². The first-order valence-corrected chi connectivity index (χ1v) is 6.28. The summed E-state index contributed by atoms with van der Waals surface area (Å²) in [7, 11) is 0. The van der Waals surface area contributed by atoms with Crippen LogP contribution in [0.3, 0.4) is 0 Å². The van der Waals surface area contributed by atoms with Crippen molar-refractivity contribution in [1.82, 2.24) is 5.32 Å². The quantitative estimate of drug-likeness (QED) is 0.749. The maximum Gasteiger partial charge on any atom is 0.120 e. The van der Waals surface area contributed by atoms with Gasteiger partial charge in [-0.2, -0.15) is 0 Å². The molecule has 94 valence electrons. The van der Waals surface area contributed by atoms with E-state index in [-0.39, 0.29) is 6.04 Å². The molecule has 0 aliphatic heterocycles. The van der Waals surface area contributed by atoms with E-state index >= 15 is 0 Å². The summed E-state index contributed by atoms with van der Waals surface area (Å²) in [6.45, 7) is 9.67. The van der Waals surface area contributed by atoms with E-state index in [9.17, 15) is 0 Å². The predicted octanol–water partition coefficient (Wildman–Crippen LogP) is 3.66. The van der Waals surface area contributed by atoms with Crippen LogP contribution >= 0.6 is 11.6 Å². The van der Waals surface area contributed by atoms with Gasteiger partial charge in [0.05, 0.1) is 6.04 Å². The van der Waals surface area contributed by atoms with E-state index in [0.717, 1.165) is 24.3 Å². The van der Waals surface area contributed by atoms with E-state index in [0.29, 0.717) is 11.6 Å². The van der Waals surface area contributed by atoms with Gasteiger partial charge in [0.25, 0.3) is 0 Å². The average molecular weight is 254 g/mol. The number of halogens is 1. The molecule has 1 aromatic rings. The van der Waals surface area contributed by atoms with Crippen LogP contribution in [0.15, 0.2) is 36.4 Å². The zero-order valence-corrected chi connectivity index (χ0v) is 11.3. The van der Waals surface area contributed by atoms with Crippen LogP contribution in [0, 0.1) is 0 Å². The second-order valence-corrected chi connectivity index (χ2v) is 4.56. The molecule has 3 heteroatoms. The van der Waals surface area contributed by atoms with Gasteiger partial charge in [0, 0.05) is 5.02 Å². The predicted molar refractivity (Wildman–Crippen MR) is 73.8 cm³/mol. The summed E-state index contributed by atoms with van der Waals surface area (Å²) in [4.78, 5) is 0. The fraction of sp³-hybridized carbons (Fsp3) is 0.429. The standard InChI is InChI=1S/C14H20ClNO/c1-4-8-16-14(11(2)3)10-17-13-7-5-6-12(15)9-13/h5-7,9,14,16H,2,4,8,10H2,1,3H3. The molecule has 0 aliphatic rings. The lowest BCUT2D eigenvalue weighted by Crippen LogP contribution is -2.35. The van der Waals surface area contributed by atoms with Crippen molar-refractivity contribution in [2.24, 2.45) is 0 Å². The Kier molecular flexibility index (Phi) is 6.09. The second-order valence-electron chi connectivity index (χ2n) is 4.12. The van der Waals surface area contributed by atoms with E-state index in [1.807, 2.05) is 31.2 Å². The van der Waals surface area contributed by atoms with E-state index < -0.39 is 0 Å². The van der Waals surface area contributed by atoms with Crippen LogP contribution < -0.4 is 10.1 Å². The minimum Gasteiger partial charge on any atom is -0.492 e. The molecule has 0 aromatic heterocycles. The first-order chi connectivity index (χ1) is 8.13. The number of ether oxygens (including phenoxy) is 1. The van der Waals surface area contributed by atoms with E-state index in [1.54, 1.807) is 0 Å². The average Bonchev–Trinajstić information content (AvgIpc) is 2.28. The number of nitrogens with one attached hydrogen (secondary N) is 1. The Balaban J connectivity index is 2.48. The van der Waals surface area contributed by atoms with Gasteiger partial charge in [0.1, 0.15) is 12.4 Å². The van der Waals surface area contributed by atoms with Crippen LogP contribution in [0.4, 0.5) is 0 Å². The Hall–Kier alpha value is -0.990. The lowest BCUT2D eigenvalue weighted by Gasteiger charge is -2.19. The molecule has 0 heterocycles. The lowest BCUT2D eigenvalue weighted by atomic mass is 10.1. The molecule has 1 unspecified atom stereocenters. The largest absolute Gasteiger partial charge is 0.492 e. The molecule has 0 bridgehead atoms. The summed E-state index contributed by atoms with van der Waals surface area (Å²) < 4.78 is 5.70. The molecule has 1 rings (SSSR count). The molecule has 0 spiro atoms. The maximum atomic E-state index is 5.89. The van der Waals surface area contributed by atoms with Crippen molar-refractivity contribution in [3.63, 3.8) is 0 Å². The summed E-state index contributed by atoms with van der Waals surface area (Å²) in [6, 6.07) is 7.62. The third-order valence-electron chi connectivity index (χ3n) is 2.45. The molecule has 0 radical (unpaired) electrons. The molecule has 0 fully saturated rings. The lowest BCUT2D eigenvalue weighted by molar-refractivity contribution is 0.281. The van der Waals surface area contributed by atoms with Crippen LogP contribution in [0.2, 0.25) is 5.02 Å². The fourth-order valence-electron chi connectivity index (χ4n) is 1.43. The molecular weight excluding hydrogens is 234 g/mol. The topological polar surface area (TPSA) is 21.3 Å². The summed E-state index contributed by atoms with van der Waals surface area (Å²) in [5.74, 6) is 0.794. The van der Waals surface area contributed by atoms with Crippen molar-refractivity contribution in [3.8, 4) is 5.75 Å². The van der Waals surface area contributed by atoms with Crippen molar-refractivity contribution in [2.75, 3.05) is 13.2 Å². The molecule has 1 aromatic carbocycles. The Morgan fingerprint density at radius 2 is 2.29 bits per heavy atom. The van der Waals surface area contributed by atoms with Crippen molar-refractivity contribution in [2.45, 2.75) is 26.3 Å². The van der Waals surface area contributed by atoms with Crippen LogP contribution in [0.1, 0.15) is 20.3 Å². The third-order valence-corrected chi connectivity index (χ3v) is 2.68. The summed E-state index contributed by atoms with van der Waals surface area (Å²) in [5, 5.41) is 4.09. The van der Waals surface area contributed by atoms with Gasteiger partial charge in [-0.25, -0.2) is 0 Å². The monoisotopic (exact) mass is 253 g/mol. The molecular formula is C14H20ClNO. The van der Waals surface area contributed by atoms with E-state index in [4.69, 9.17) is 16.3 Å². The summed E-state index contributed by atoms with van der Waals surface area (Å²) >= 11 is 5.89. The Morgan fingerprint density at radius 3 is 2.88 bits per heavy atom. The van der Waals surface area contributed by atoms with E-state index in [1.165, 1.54) is 0 Å². The van der Waals surface area contributed by atoms with Crippen LogP contribution in [-0.2, 0) is 0 Å². The smallest absolute Gasteiger partial charge is 0.120 e. The van der Waals surface area contributed by atoms with Gasteiger partial charge in [-0.15, -0.1) is 0 Å². The number of hydrogen-bond donors (Lipinski definition) is 1. The number of benzene rings is 1. The van der Waals surface area contributed by atoms with Gasteiger partial charge in [-0.3, -0.25) is 0 Å². The summed E-state index contributed by atoms with van der Waals surface area (Å²) in [5.41, 5.74) is 1.08. The van der Waals surface area contributed by atoms with Crippen molar-refractivity contribution < 1.29 is 4.74 Å². The molecule has 0 saturated heterocycles. The molecule has 1 atom stereocenters. The van der Waals surface area contributed by atoms with Crippen LogP contribution in [-0.4, -0.2) is 19.2 Å². The minimum absolute atomic E-state index is 0.189. The Morgan fingerprint density at radius 1 is 1.53 bits per heavy atom. The van der Waals surface area contributed by atoms with Crippen LogP contribution in [0.25, 0.3) is 0 Å². The Bertz CT molecular complexity index is 365. The highest BCUT2D eigenvalue weighted by atomic mass is 35.5. The fourth-order valence-corrected chi connectivity index (χ4v) is 1.61. The number of hydrogen-bond acceptors (Lipinski definition) is 2.